The normalized spacial score (nSPS) is 10.5. The summed E-state index contributed by atoms with van der Waals surface area (Å²) in [6, 6.07) is 8.95. The van der Waals surface area contributed by atoms with Crippen LogP contribution >= 0.6 is 0 Å². The average Bonchev–Trinajstić information content (AvgIpc) is 2.54. The minimum Gasteiger partial charge on any atom is -0.508 e. The van der Waals surface area contributed by atoms with E-state index in [9.17, 15) is 19.1 Å². The lowest BCUT2D eigenvalue weighted by atomic mass is 10.2. The second-order valence-corrected chi connectivity index (χ2v) is 4.73. The Morgan fingerprint density at radius 1 is 1.17 bits per heavy atom. The van der Waals surface area contributed by atoms with Crippen molar-refractivity contribution >= 4 is 18.0 Å². The van der Waals surface area contributed by atoms with E-state index in [0.717, 1.165) is 12.1 Å². The molecule has 7 nitrogen and oxygen atoms in total. The van der Waals surface area contributed by atoms with Crippen LogP contribution in [0, 0.1) is 5.82 Å². The van der Waals surface area contributed by atoms with Crippen LogP contribution in [0.2, 0.25) is 0 Å². The van der Waals surface area contributed by atoms with E-state index in [2.05, 4.69) is 15.8 Å². The molecule has 0 heterocycles. The summed E-state index contributed by atoms with van der Waals surface area (Å²) in [5.74, 6) is -2.05. The van der Waals surface area contributed by atoms with Crippen LogP contribution in [0.4, 0.5) is 4.39 Å². The van der Waals surface area contributed by atoms with Gasteiger partial charge in [-0.2, -0.15) is 5.10 Å². The maximum Gasteiger partial charge on any atom is 0.259 e. The van der Waals surface area contributed by atoms with E-state index < -0.39 is 17.6 Å². The first-order chi connectivity index (χ1) is 11.5. The molecule has 124 valence electrons. The summed E-state index contributed by atoms with van der Waals surface area (Å²) in [6.45, 7) is -0.353. The van der Waals surface area contributed by atoms with Gasteiger partial charge in [-0.05, 0) is 30.3 Å². The van der Waals surface area contributed by atoms with Gasteiger partial charge in [-0.25, -0.2) is 9.82 Å². The zero-order valence-corrected chi connectivity index (χ0v) is 12.4. The van der Waals surface area contributed by atoms with Crippen molar-refractivity contribution in [1.82, 2.24) is 10.7 Å². The van der Waals surface area contributed by atoms with Crippen molar-refractivity contribution < 1.29 is 24.2 Å². The van der Waals surface area contributed by atoms with E-state index >= 15 is 0 Å². The minimum absolute atomic E-state index is 0.0975. The molecule has 8 heteroatoms. The Kier molecular flexibility index (Phi) is 5.45. The Morgan fingerprint density at radius 3 is 2.67 bits per heavy atom. The summed E-state index contributed by atoms with van der Waals surface area (Å²) in [4.78, 5) is 23.3. The fourth-order valence-electron chi connectivity index (χ4n) is 1.75. The van der Waals surface area contributed by atoms with Crippen LogP contribution in [-0.2, 0) is 4.79 Å². The van der Waals surface area contributed by atoms with Crippen LogP contribution in [0.25, 0.3) is 0 Å². The standard InChI is InChI=1S/C16H14FN3O4/c17-12-3-1-2-10(6-12)16(24)18-9-15(23)20-19-8-11-4-5-13(21)7-14(11)22/h1-8,21-22H,9H2,(H,18,24)(H,20,23)/b19-8-. The molecule has 0 spiro atoms. The van der Waals surface area contributed by atoms with Gasteiger partial charge in [0.25, 0.3) is 11.8 Å². The summed E-state index contributed by atoms with van der Waals surface area (Å²) < 4.78 is 13.0. The predicted octanol–water partition coefficient (Wildman–Crippen LogP) is 1.12. The quantitative estimate of drug-likeness (QED) is 0.486. The van der Waals surface area contributed by atoms with Crippen molar-refractivity contribution in [3.8, 4) is 11.5 Å². The second-order valence-electron chi connectivity index (χ2n) is 4.73. The maximum absolute atomic E-state index is 13.0. The first kappa shape index (κ1) is 16.9. The summed E-state index contributed by atoms with van der Waals surface area (Å²) in [6.07, 6.45) is 1.18. The van der Waals surface area contributed by atoms with E-state index in [4.69, 9.17) is 5.11 Å². The number of phenols is 2. The monoisotopic (exact) mass is 331 g/mol. The van der Waals surface area contributed by atoms with Crippen LogP contribution in [0.3, 0.4) is 0 Å². The molecule has 0 aromatic heterocycles. The van der Waals surface area contributed by atoms with Gasteiger partial charge in [0.1, 0.15) is 17.3 Å². The van der Waals surface area contributed by atoms with E-state index in [1.807, 2.05) is 0 Å². The van der Waals surface area contributed by atoms with Crippen molar-refractivity contribution in [3.05, 3.63) is 59.4 Å². The van der Waals surface area contributed by atoms with E-state index in [-0.39, 0.29) is 29.2 Å². The predicted molar refractivity (Wildman–Crippen MR) is 84.2 cm³/mol. The van der Waals surface area contributed by atoms with E-state index in [0.29, 0.717) is 0 Å². The molecule has 0 aliphatic carbocycles. The molecular formula is C16H14FN3O4. The Hall–Kier alpha value is -3.42. The van der Waals surface area contributed by atoms with Crippen LogP contribution in [0.5, 0.6) is 11.5 Å². The summed E-state index contributed by atoms with van der Waals surface area (Å²) in [7, 11) is 0. The molecular weight excluding hydrogens is 317 g/mol. The maximum atomic E-state index is 13.0. The Morgan fingerprint density at radius 2 is 1.96 bits per heavy atom. The van der Waals surface area contributed by atoms with Gasteiger partial charge in [-0.15, -0.1) is 0 Å². The van der Waals surface area contributed by atoms with Gasteiger partial charge in [0, 0.05) is 17.2 Å². The van der Waals surface area contributed by atoms with Crippen molar-refractivity contribution in [3.63, 3.8) is 0 Å². The lowest BCUT2D eigenvalue weighted by molar-refractivity contribution is -0.120. The number of carbonyl (C=O) groups is 2. The molecule has 0 aliphatic heterocycles. The number of nitrogens with one attached hydrogen (secondary N) is 2. The van der Waals surface area contributed by atoms with Crippen molar-refractivity contribution in [2.75, 3.05) is 6.54 Å². The number of hydrogen-bond donors (Lipinski definition) is 4. The number of amides is 2. The molecule has 0 atom stereocenters. The average molecular weight is 331 g/mol. The lowest BCUT2D eigenvalue weighted by Crippen LogP contribution is -2.34. The van der Waals surface area contributed by atoms with Crippen LogP contribution in [0.15, 0.2) is 47.6 Å². The molecule has 4 N–H and O–H groups in total. The topological polar surface area (TPSA) is 111 Å². The van der Waals surface area contributed by atoms with Gasteiger partial charge in [0.15, 0.2) is 0 Å². The zero-order chi connectivity index (χ0) is 17.5. The minimum atomic E-state index is -0.603. The Labute approximate surface area is 136 Å². The first-order valence-corrected chi connectivity index (χ1v) is 6.83. The highest BCUT2D eigenvalue weighted by Crippen LogP contribution is 2.20. The lowest BCUT2D eigenvalue weighted by Gasteiger charge is -2.04. The van der Waals surface area contributed by atoms with Gasteiger partial charge in [-0.3, -0.25) is 9.59 Å². The van der Waals surface area contributed by atoms with Gasteiger partial charge in [0.05, 0.1) is 12.8 Å². The van der Waals surface area contributed by atoms with Gasteiger partial charge in [-0.1, -0.05) is 6.07 Å². The fraction of sp³-hybridized carbons (Fsp3) is 0.0625. The molecule has 2 rings (SSSR count). The number of nitrogens with zero attached hydrogens (tertiary/aromatic N) is 1. The highest BCUT2D eigenvalue weighted by Gasteiger charge is 2.08. The van der Waals surface area contributed by atoms with Crippen molar-refractivity contribution in [1.29, 1.82) is 0 Å². The molecule has 2 aromatic carbocycles. The highest BCUT2D eigenvalue weighted by molar-refractivity contribution is 5.96. The van der Waals surface area contributed by atoms with Gasteiger partial charge >= 0.3 is 0 Å². The fourth-order valence-corrected chi connectivity index (χ4v) is 1.75. The number of rotatable bonds is 5. The van der Waals surface area contributed by atoms with E-state index in [1.165, 1.54) is 36.5 Å². The molecule has 0 aliphatic rings. The van der Waals surface area contributed by atoms with E-state index in [1.54, 1.807) is 0 Å². The molecule has 0 fully saturated rings. The van der Waals surface area contributed by atoms with Crippen LogP contribution < -0.4 is 10.7 Å². The smallest absolute Gasteiger partial charge is 0.259 e. The number of benzene rings is 2. The molecule has 0 saturated heterocycles. The summed E-state index contributed by atoms with van der Waals surface area (Å²) >= 11 is 0. The molecule has 2 aromatic rings. The SMILES string of the molecule is O=C(CNC(=O)c1cccc(F)c1)N/N=C\c1ccc(O)cc1O. The molecule has 0 unspecified atom stereocenters. The number of hydrogen-bond acceptors (Lipinski definition) is 5. The Bertz CT molecular complexity index is 793. The summed E-state index contributed by atoms with van der Waals surface area (Å²) in [5.41, 5.74) is 2.55. The third-order valence-corrected chi connectivity index (χ3v) is 2.90. The highest BCUT2D eigenvalue weighted by atomic mass is 19.1. The number of aromatic hydroxyl groups is 2. The van der Waals surface area contributed by atoms with Gasteiger partial charge in [0.2, 0.25) is 0 Å². The Balaban J connectivity index is 1.83. The molecule has 2 amide bonds. The summed E-state index contributed by atoms with van der Waals surface area (Å²) in [5, 5.41) is 24.6. The first-order valence-electron chi connectivity index (χ1n) is 6.83. The number of phenolic OH excluding ortho intramolecular Hbond substituents is 2. The molecule has 24 heavy (non-hydrogen) atoms. The van der Waals surface area contributed by atoms with Crippen molar-refractivity contribution in [2.45, 2.75) is 0 Å². The zero-order valence-electron chi connectivity index (χ0n) is 12.4. The third kappa shape index (κ3) is 4.80. The third-order valence-electron chi connectivity index (χ3n) is 2.90. The molecule has 0 saturated carbocycles. The molecule has 0 bridgehead atoms. The molecule has 0 radical (unpaired) electrons. The number of carbonyl (C=O) groups excluding carboxylic acids is 2. The largest absolute Gasteiger partial charge is 0.508 e. The number of hydrazone groups is 1. The van der Waals surface area contributed by atoms with Crippen LogP contribution in [0.1, 0.15) is 15.9 Å². The van der Waals surface area contributed by atoms with Gasteiger partial charge < -0.3 is 15.5 Å². The second kappa shape index (κ2) is 7.73. The van der Waals surface area contributed by atoms with Crippen molar-refractivity contribution in [2.24, 2.45) is 5.10 Å². The van der Waals surface area contributed by atoms with Crippen LogP contribution in [-0.4, -0.2) is 34.8 Å². The number of halogens is 1.